The molecule has 20 heavy (non-hydrogen) atoms. The zero-order valence-electron chi connectivity index (χ0n) is 12.4. The lowest BCUT2D eigenvalue weighted by Crippen LogP contribution is -2.51. The summed E-state index contributed by atoms with van der Waals surface area (Å²) in [5.74, 6) is 1.52. The average molecular weight is 281 g/mol. The molecular weight excluding hydrogens is 254 g/mol. The van der Waals surface area contributed by atoms with E-state index in [-0.39, 0.29) is 18.0 Å². The van der Waals surface area contributed by atoms with Crippen molar-refractivity contribution in [3.05, 3.63) is 0 Å². The summed E-state index contributed by atoms with van der Waals surface area (Å²) in [5.41, 5.74) is 0. The van der Waals surface area contributed by atoms with Crippen LogP contribution >= 0.6 is 0 Å². The van der Waals surface area contributed by atoms with Crippen LogP contribution in [-0.2, 0) is 9.53 Å². The number of morpholine rings is 1. The zero-order valence-corrected chi connectivity index (χ0v) is 12.4. The fourth-order valence-corrected chi connectivity index (χ4v) is 4.02. The molecule has 0 aromatic heterocycles. The number of amides is 1. The van der Waals surface area contributed by atoms with Gasteiger partial charge in [-0.1, -0.05) is 6.42 Å². The van der Waals surface area contributed by atoms with Crippen molar-refractivity contribution in [2.45, 2.75) is 38.3 Å². The van der Waals surface area contributed by atoms with Crippen molar-refractivity contribution in [1.29, 1.82) is 0 Å². The first-order valence-corrected chi connectivity index (χ1v) is 8.08. The smallest absolute Gasteiger partial charge is 0.237 e. The van der Waals surface area contributed by atoms with Crippen molar-refractivity contribution in [2.75, 3.05) is 39.4 Å². The highest BCUT2D eigenvalue weighted by Crippen LogP contribution is 2.37. The molecule has 3 aliphatic rings. The molecule has 1 amide bonds. The second-order valence-corrected chi connectivity index (χ2v) is 6.56. The monoisotopic (exact) mass is 281 g/mol. The lowest BCUT2D eigenvalue weighted by molar-refractivity contribution is -0.124. The van der Waals surface area contributed by atoms with Gasteiger partial charge in [0.1, 0.15) is 0 Å². The molecule has 2 aliphatic heterocycles. The summed E-state index contributed by atoms with van der Waals surface area (Å²) >= 11 is 0. The predicted molar refractivity (Wildman–Crippen MR) is 77.5 cm³/mol. The third-order valence-corrected chi connectivity index (χ3v) is 5.05. The van der Waals surface area contributed by atoms with Crippen LogP contribution in [0.5, 0.6) is 0 Å². The van der Waals surface area contributed by atoms with E-state index in [4.69, 9.17) is 4.74 Å². The Hall–Kier alpha value is -0.650. The van der Waals surface area contributed by atoms with Crippen LogP contribution in [-0.4, -0.2) is 62.3 Å². The number of hydrogen-bond acceptors (Lipinski definition) is 4. The fraction of sp³-hybridized carbons (Fsp3) is 0.933. The Morgan fingerprint density at radius 1 is 1.40 bits per heavy atom. The number of ether oxygens (including phenoxy) is 1. The number of carbonyl (C=O) groups is 1. The molecule has 3 fully saturated rings. The van der Waals surface area contributed by atoms with Crippen LogP contribution in [0.1, 0.15) is 26.2 Å². The molecule has 2 heterocycles. The molecule has 1 saturated carbocycles. The van der Waals surface area contributed by atoms with Gasteiger partial charge in [0.25, 0.3) is 0 Å². The van der Waals surface area contributed by atoms with E-state index in [2.05, 4.69) is 22.5 Å². The number of carbonyl (C=O) groups excluding carboxylic acids is 1. The van der Waals surface area contributed by atoms with Crippen molar-refractivity contribution in [3.8, 4) is 0 Å². The molecular formula is C15H27N3O2. The minimum atomic E-state index is 0.0506. The van der Waals surface area contributed by atoms with Gasteiger partial charge in [0.15, 0.2) is 0 Å². The molecule has 2 N–H and O–H groups in total. The van der Waals surface area contributed by atoms with Gasteiger partial charge in [-0.25, -0.2) is 0 Å². The van der Waals surface area contributed by atoms with E-state index in [1.807, 2.05) is 0 Å². The van der Waals surface area contributed by atoms with Gasteiger partial charge < -0.3 is 15.4 Å². The summed E-state index contributed by atoms with van der Waals surface area (Å²) in [6.07, 6.45) is 3.81. The van der Waals surface area contributed by atoms with Crippen LogP contribution in [0.25, 0.3) is 0 Å². The van der Waals surface area contributed by atoms with Gasteiger partial charge in [0, 0.05) is 25.7 Å². The lowest BCUT2D eigenvalue weighted by atomic mass is 9.93. The normalized spacial score (nSPS) is 35.8. The van der Waals surface area contributed by atoms with Crippen molar-refractivity contribution in [1.82, 2.24) is 15.5 Å². The van der Waals surface area contributed by atoms with Crippen LogP contribution in [0.2, 0.25) is 0 Å². The highest BCUT2D eigenvalue weighted by atomic mass is 16.5. The van der Waals surface area contributed by atoms with Gasteiger partial charge in [-0.2, -0.15) is 0 Å². The molecule has 2 saturated heterocycles. The van der Waals surface area contributed by atoms with Gasteiger partial charge in [0.2, 0.25) is 5.91 Å². The van der Waals surface area contributed by atoms with E-state index < -0.39 is 0 Å². The first-order chi connectivity index (χ1) is 9.74. The molecule has 0 radical (unpaired) electrons. The minimum Gasteiger partial charge on any atom is -0.379 e. The molecule has 4 atom stereocenters. The van der Waals surface area contributed by atoms with E-state index in [1.165, 1.54) is 19.3 Å². The number of nitrogens with zero attached hydrogens (tertiary/aromatic N) is 1. The van der Waals surface area contributed by atoms with Crippen molar-refractivity contribution >= 4 is 5.91 Å². The summed E-state index contributed by atoms with van der Waals surface area (Å²) < 4.78 is 5.35. The molecule has 0 bridgehead atoms. The largest absolute Gasteiger partial charge is 0.379 e. The SMILES string of the molecule is CC(CN1CCOCC1)NC(=O)C1NCC2CCCC21. The van der Waals surface area contributed by atoms with Gasteiger partial charge in [-0.15, -0.1) is 0 Å². The Bertz CT molecular complexity index is 344. The molecule has 5 heteroatoms. The summed E-state index contributed by atoms with van der Waals surface area (Å²) in [4.78, 5) is 14.8. The predicted octanol–water partition coefficient (Wildman–Crippen LogP) is 0.211. The quantitative estimate of drug-likeness (QED) is 0.773. The Morgan fingerprint density at radius 3 is 3.00 bits per heavy atom. The van der Waals surface area contributed by atoms with Crippen molar-refractivity contribution in [3.63, 3.8) is 0 Å². The number of fused-ring (bicyclic) bond motifs is 1. The molecule has 1 aliphatic carbocycles. The second kappa shape index (κ2) is 6.41. The van der Waals surface area contributed by atoms with Crippen LogP contribution in [0.4, 0.5) is 0 Å². The number of hydrogen-bond donors (Lipinski definition) is 2. The summed E-state index contributed by atoms with van der Waals surface area (Å²) in [5, 5.41) is 6.62. The summed E-state index contributed by atoms with van der Waals surface area (Å²) in [6.45, 7) is 7.65. The minimum absolute atomic E-state index is 0.0506. The molecule has 0 spiro atoms. The summed E-state index contributed by atoms with van der Waals surface area (Å²) in [7, 11) is 0. The van der Waals surface area contributed by atoms with Gasteiger partial charge >= 0.3 is 0 Å². The van der Waals surface area contributed by atoms with E-state index in [1.54, 1.807) is 0 Å². The Balaban J connectivity index is 1.45. The highest BCUT2D eigenvalue weighted by Gasteiger charge is 2.42. The third-order valence-electron chi connectivity index (χ3n) is 5.05. The van der Waals surface area contributed by atoms with Gasteiger partial charge in [0.05, 0.1) is 19.3 Å². The zero-order chi connectivity index (χ0) is 13.9. The van der Waals surface area contributed by atoms with Crippen LogP contribution < -0.4 is 10.6 Å². The first-order valence-electron chi connectivity index (χ1n) is 8.08. The van der Waals surface area contributed by atoms with Gasteiger partial charge in [-0.3, -0.25) is 9.69 Å². The lowest BCUT2D eigenvalue weighted by Gasteiger charge is -2.30. The maximum atomic E-state index is 12.4. The molecule has 0 aromatic rings. The average Bonchev–Trinajstić information content (AvgIpc) is 3.01. The summed E-state index contributed by atoms with van der Waals surface area (Å²) in [6, 6.07) is 0.262. The first kappa shape index (κ1) is 14.3. The Labute approximate surface area is 121 Å². The standard InChI is InChI=1S/C15H27N3O2/c1-11(10-18-5-7-20-8-6-18)17-15(19)14-13-4-2-3-12(13)9-16-14/h11-14,16H,2-10H2,1H3,(H,17,19). The van der Waals surface area contributed by atoms with E-state index >= 15 is 0 Å². The van der Waals surface area contributed by atoms with E-state index in [9.17, 15) is 4.79 Å². The Morgan fingerprint density at radius 2 is 2.20 bits per heavy atom. The number of rotatable bonds is 4. The van der Waals surface area contributed by atoms with Crippen LogP contribution in [0.3, 0.4) is 0 Å². The van der Waals surface area contributed by atoms with E-state index in [0.717, 1.165) is 45.3 Å². The van der Waals surface area contributed by atoms with Crippen LogP contribution in [0, 0.1) is 11.8 Å². The molecule has 4 unspecified atom stereocenters. The van der Waals surface area contributed by atoms with Crippen molar-refractivity contribution < 1.29 is 9.53 Å². The number of nitrogens with one attached hydrogen (secondary N) is 2. The molecule has 5 nitrogen and oxygen atoms in total. The maximum absolute atomic E-state index is 12.4. The molecule has 3 rings (SSSR count). The topological polar surface area (TPSA) is 53.6 Å². The van der Waals surface area contributed by atoms with Crippen molar-refractivity contribution in [2.24, 2.45) is 11.8 Å². The molecule has 114 valence electrons. The maximum Gasteiger partial charge on any atom is 0.237 e. The second-order valence-electron chi connectivity index (χ2n) is 6.56. The third kappa shape index (κ3) is 3.15. The van der Waals surface area contributed by atoms with E-state index in [0.29, 0.717) is 5.92 Å². The highest BCUT2D eigenvalue weighted by molar-refractivity contribution is 5.82. The van der Waals surface area contributed by atoms with Gasteiger partial charge in [-0.05, 0) is 38.1 Å². The fourth-order valence-electron chi connectivity index (χ4n) is 4.02. The van der Waals surface area contributed by atoms with Crippen LogP contribution in [0.15, 0.2) is 0 Å². The Kier molecular flexibility index (Phi) is 4.58. The molecule has 0 aromatic carbocycles.